The van der Waals surface area contributed by atoms with E-state index in [4.69, 9.17) is 4.98 Å². The van der Waals surface area contributed by atoms with Crippen LogP contribution >= 0.6 is 0 Å². The van der Waals surface area contributed by atoms with Crippen molar-refractivity contribution >= 4 is 0 Å². The number of nitrogens with one attached hydrogen (secondary N) is 1. The normalized spacial score (nSPS) is 17.5. The molecule has 2 rings (SSSR count). The topological polar surface area (TPSA) is 31.4 Å². The van der Waals surface area contributed by atoms with Crippen LogP contribution < -0.4 is 5.32 Å². The van der Waals surface area contributed by atoms with E-state index in [1.807, 2.05) is 0 Å². The maximum absolute atomic E-state index is 4.78. The van der Waals surface area contributed by atoms with E-state index in [0.717, 1.165) is 38.4 Å². The summed E-state index contributed by atoms with van der Waals surface area (Å²) in [7, 11) is 0. The van der Waals surface area contributed by atoms with Crippen LogP contribution in [0.25, 0.3) is 0 Å². The van der Waals surface area contributed by atoms with Crippen molar-refractivity contribution in [3.8, 4) is 0 Å². The highest BCUT2D eigenvalue weighted by molar-refractivity contribution is 5.11. The Morgan fingerprint density at radius 1 is 1.14 bits per heavy atom. The fraction of sp³-hybridized carbons (Fsp3) is 0.706. The molecular formula is C17H30N4. The Bertz CT molecular complexity index is 411. The molecule has 2 heterocycles. The van der Waals surface area contributed by atoms with Gasteiger partial charge in [-0.15, -0.1) is 0 Å². The molecule has 0 spiro atoms. The number of nitrogens with zero attached hydrogens (tertiary/aromatic N) is 3. The largest absolute Gasteiger partial charge is 0.311 e. The van der Waals surface area contributed by atoms with Gasteiger partial charge in [-0.3, -0.25) is 14.8 Å². The van der Waals surface area contributed by atoms with Crippen molar-refractivity contribution in [3.63, 3.8) is 0 Å². The van der Waals surface area contributed by atoms with Gasteiger partial charge in [0.1, 0.15) is 0 Å². The number of aromatic nitrogens is 1. The highest BCUT2D eigenvalue weighted by atomic mass is 15.3. The summed E-state index contributed by atoms with van der Waals surface area (Å²) in [4.78, 5) is 9.84. The molecule has 0 atom stereocenters. The predicted molar refractivity (Wildman–Crippen MR) is 88.2 cm³/mol. The molecule has 1 saturated heterocycles. The molecule has 118 valence electrons. The summed E-state index contributed by atoms with van der Waals surface area (Å²) >= 11 is 0. The lowest BCUT2D eigenvalue weighted by molar-refractivity contribution is 0.103. The van der Waals surface area contributed by atoms with Crippen molar-refractivity contribution in [3.05, 3.63) is 29.6 Å². The Hall–Kier alpha value is -0.970. The molecule has 1 aromatic heterocycles. The van der Waals surface area contributed by atoms with Gasteiger partial charge >= 0.3 is 0 Å². The molecule has 1 fully saturated rings. The second kappa shape index (κ2) is 8.47. The zero-order valence-electron chi connectivity index (χ0n) is 13.8. The standard InChI is InChI=1S/C17H30N4/c1-4-8-18-13-16-6-5-7-17(19-16)14-20-9-11-21(12-10-20)15(2)3/h5-7,15,18H,4,8-14H2,1-3H3. The Morgan fingerprint density at radius 2 is 1.86 bits per heavy atom. The van der Waals surface area contributed by atoms with Gasteiger partial charge < -0.3 is 5.32 Å². The Balaban J connectivity index is 1.81. The molecule has 1 aliphatic heterocycles. The van der Waals surface area contributed by atoms with Crippen LogP contribution in [0.4, 0.5) is 0 Å². The van der Waals surface area contributed by atoms with Gasteiger partial charge in [-0.05, 0) is 38.9 Å². The van der Waals surface area contributed by atoms with Gasteiger partial charge in [-0.2, -0.15) is 0 Å². The van der Waals surface area contributed by atoms with E-state index in [1.54, 1.807) is 0 Å². The van der Waals surface area contributed by atoms with Crippen LogP contribution in [0.5, 0.6) is 0 Å². The van der Waals surface area contributed by atoms with Crippen molar-refractivity contribution in [1.82, 2.24) is 20.1 Å². The minimum absolute atomic E-state index is 0.665. The molecule has 0 unspecified atom stereocenters. The first-order valence-corrected chi connectivity index (χ1v) is 8.31. The maximum atomic E-state index is 4.78. The molecule has 0 bridgehead atoms. The number of piperazine rings is 1. The van der Waals surface area contributed by atoms with Gasteiger partial charge in [-0.25, -0.2) is 0 Å². The molecule has 21 heavy (non-hydrogen) atoms. The Morgan fingerprint density at radius 3 is 2.52 bits per heavy atom. The number of pyridine rings is 1. The first kappa shape index (κ1) is 16.4. The lowest BCUT2D eigenvalue weighted by Crippen LogP contribution is -2.48. The molecule has 0 aromatic carbocycles. The van der Waals surface area contributed by atoms with Gasteiger partial charge in [0.15, 0.2) is 0 Å². The summed E-state index contributed by atoms with van der Waals surface area (Å²) in [5, 5.41) is 3.42. The van der Waals surface area contributed by atoms with Crippen LogP contribution in [0.3, 0.4) is 0 Å². The van der Waals surface area contributed by atoms with E-state index in [2.05, 4.69) is 54.1 Å². The van der Waals surface area contributed by atoms with Crippen molar-refractivity contribution in [2.75, 3.05) is 32.7 Å². The average Bonchev–Trinajstić information content (AvgIpc) is 2.48. The molecule has 1 N–H and O–H groups in total. The van der Waals surface area contributed by atoms with Gasteiger partial charge in [-0.1, -0.05) is 13.0 Å². The monoisotopic (exact) mass is 290 g/mol. The average molecular weight is 290 g/mol. The van der Waals surface area contributed by atoms with Crippen LogP contribution in [0.15, 0.2) is 18.2 Å². The quantitative estimate of drug-likeness (QED) is 0.779. The molecule has 0 radical (unpaired) electrons. The molecule has 0 saturated carbocycles. The summed E-state index contributed by atoms with van der Waals surface area (Å²) in [5.74, 6) is 0. The molecule has 1 aromatic rings. The van der Waals surface area contributed by atoms with Gasteiger partial charge in [0, 0.05) is 45.3 Å². The summed E-state index contributed by atoms with van der Waals surface area (Å²) < 4.78 is 0. The number of hydrogen-bond donors (Lipinski definition) is 1. The van der Waals surface area contributed by atoms with Gasteiger partial charge in [0.2, 0.25) is 0 Å². The molecule has 0 amide bonds. The highest BCUT2D eigenvalue weighted by Crippen LogP contribution is 2.09. The maximum Gasteiger partial charge on any atom is 0.0547 e. The van der Waals surface area contributed by atoms with Crippen LogP contribution in [-0.2, 0) is 13.1 Å². The second-order valence-corrected chi connectivity index (χ2v) is 6.20. The van der Waals surface area contributed by atoms with Gasteiger partial charge in [0.25, 0.3) is 0 Å². The minimum Gasteiger partial charge on any atom is -0.311 e. The van der Waals surface area contributed by atoms with Gasteiger partial charge in [0.05, 0.1) is 11.4 Å². The molecule has 4 heteroatoms. The van der Waals surface area contributed by atoms with E-state index in [9.17, 15) is 0 Å². The zero-order chi connectivity index (χ0) is 15.1. The summed E-state index contributed by atoms with van der Waals surface area (Å²) in [6, 6.07) is 7.06. The highest BCUT2D eigenvalue weighted by Gasteiger charge is 2.18. The number of hydrogen-bond acceptors (Lipinski definition) is 4. The third-order valence-corrected chi connectivity index (χ3v) is 4.12. The third kappa shape index (κ3) is 5.38. The van der Waals surface area contributed by atoms with Crippen molar-refractivity contribution in [1.29, 1.82) is 0 Å². The summed E-state index contributed by atoms with van der Waals surface area (Å²) in [5.41, 5.74) is 2.35. The predicted octanol–water partition coefficient (Wildman–Crippen LogP) is 2.11. The van der Waals surface area contributed by atoms with E-state index in [-0.39, 0.29) is 0 Å². The van der Waals surface area contributed by atoms with E-state index in [1.165, 1.54) is 25.2 Å². The lowest BCUT2D eigenvalue weighted by Gasteiger charge is -2.36. The SMILES string of the molecule is CCCNCc1cccc(CN2CCN(C(C)C)CC2)n1. The summed E-state index contributed by atoms with van der Waals surface area (Å²) in [6.45, 7) is 14.3. The minimum atomic E-state index is 0.665. The van der Waals surface area contributed by atoms with E-state index >= 15 is 0 Å². The third-order valence-electron chi connectivity index (χ3n) is 4.12. The second-order valence-electron chi connectivity index (χ2n) is 6.20. The van der Waals surface area contributed by atoms with E-state index in [0.29, 0.717) is 6.04 Å². The molecular weight excluding hydrogens is 260 g/mol. The van der Waals surface area contributed by atoms with Crippen LogP contribution in [0, 0.1) is 0 Å². The van der Waals surface area contributed by atoms with Crippen molar-refractivity contribution < 1.29 is 0 Å². The van der Waals surface area contributed by atoms with Crippen LogP contribution in [0.1, 0.15) is 38.6 Å². The first-order valence-electron chi connectivity index (χ1n) is 8.31. The van der Waals surface area contributed by atoms with Crippen molar-refractivity contribution in [2.24, 2.45) is 0 Å². The van der Waals surface area contributed by atoms with Crippen LogP contribution in [0.2, 0.25) is 0 Å². The first-order chi connectivity index (χ1) is 10.2. The molecule has 0 aliphatic carbocycles. The summed E-state index contributed by atoms with van der Waals surface area (Å²) in [6.07, 6.45) is 1.17. The number of rotatable bonds is 7. The Kier molecular flexibility index (Phi) is 6.61. The van der Waals surface area contributed by atoms with Crippen molar-refractivity contribution in [2.45, 2.75) is 46.3 Å². The smallest absolute Gasteiger partial charge is 0.0547 e. The van der Waals surface area contributed by atoms with E-state index < -0.39 is 0 Å². The molecule has 1 aliphatic rings. The molecule has 4 nitrogen and oxygen atoms in total. The fourth-order valence-electron chi connectivity index (χ4n) is 2.78. The fourth-order valence-corrected chi connectivity index (χ4v) is 2.78. The lowest BCUT2D eigenvalue weighted by atomic mass is 10.2. The Labute approximate surface area is 129 Å². The zero-order valence-corrected chi connectivity index (χ0v) is 13.8. The van der Waals surface area contributed by atoms with Crippen LogP contribution in [-0.4, -0.2) is 53.5 Å².